The summed E-state index contributed by atoms with van der Waals surface area (Å²) in [6.45, 7) is 6.70. The summed E-state index contributed by atoms with van der Waals surface area (Å²) in [4.78, 5) is 14.4. The van der Waals surface area contributed by atoms with E-state index in [1.807, 2.05) is 29.2 Å². The van der Waals surface area contributed by atoms with Crippen molar-refractivity contribution < 1.29 is 4.79 Å². The number of carbonyl (C=O) groups excluding carboxylic acids is 1. The highest BCUT2D eigenvalue weighted by Crippen LogP contribution is 2.29. The number of hydrogen-bond acceptors (Lipinski definition) is 2. The van der Waals surface area contributed by atoms with Crippen molar-refractivity contribution >= 4 is 18.3 Å². The summed E-state index contributed by atoms with van der Waals surface area (Å²) in [5.41, 5.74) is 7.63. The Hall–Kier alpha value is -1.06. The summed E-state index contributed by atoms with van der Waals surface area (Å²) in [6.07, 6.45) is 2.29. The van der Waals surface area contributed by atoms with Crippen LogP contribution in [0.1, 0.15) is 42.6 Å². The first-order chi connectivity index (χ1) is 8.52. The predicted molar refractivity (Wildman–Crippen MR) is 80.5 cm³/mol. The lowest BCUT2D eigenvalue weighted by molar-refractivity contribution is 0.0583. The zero-order chi connectivity index (χ0) is 13.2. The minimum Gasteiger partial charge on any atom is -0.338 e. The van der Waals surface area contributed by atoms with Crippen LogP contribution in [0.3, 0.4) is 0 Å². The standard InChI is InChI=1S/C15H22N2O.ClH/c1-15(2)8-3-9-17(11-15)14(18)13-6-4-12(10-16)5-7-13;/h4-7H,3,8-11,16H2,1-2H3;1H. The fourth-order valence-electron chi connectivity index (χ4n) is 2.56. The number of nitrogens with zero attached hydrogens (tertiary/aromatic N) is 1. The van der Waals surface area contributed by atoms with Gasteiger partial charge in [0.25, 0.3) is 5.91 Å². The highest BCUT2D eigenvalue weighted by molar-refractivity contribution is 5.94. The van der Waals surface area contributed by atoms with E-state index >= 15 is 0 Å². The molecule has 1 fully saturated rings. The van der Waals surface area contributed by atoms with Crippen molar-refractivity contribution in [1.82, 2.24) is 4.90 Å². The Morgan fingerprint density at radius 3 is 2.47 bits per heavy atom. The summed E-state index contributed by atoms with van der Waals surface area (Å²) in [5, 5.41) is 0. The number of likely N-dealkylation sites (tertiary alicyclic amines) is 1. The molecule has 0 aromatic heterocycles. The first-order valence-corrected chi connectivity index (χ1v) is 6.60. The molecule has 1 amide bonds. The van der Waals surface area contributed by atoms with Gasteiger partial charge in [-0.25, -0.2) is 0 Å². The van der Waals surface area contributed by atoms with Gasteiger partial charge in [0.15, 0.2) is 0 Å². The molecule has 1 aliphatic rings. The summed E-state index contributed by atoms with van der Waals surface area (Å²) in [7, 11) is 0. The molecule has 2 N–H and O–H groups in total. The molecule has 1 aliphatic heterocycles. The highest BCUT2D eigenvalue weighted by Gasteiger charge is 2.29. The Balaban J connectivity index is 0.00000180. The Morgan fingerprint density at radius 1 is 1.32 bits per heavy atom. The van der Waals surface area contributed by atoms with Gasteiger partial charge in [0, 0.05) is 25.2 Å². The second-order valence-corrected chi connectivity index (χ2v) is 5.90. The van der Waals surface area contributed by atoms with Crippen LogP contribution >= 0.6 is 12.4 Å². The molecule has 0 aliphatic carbocycles. The third-order valence-electron chi connectivity index (χ3n) is 3.62. The average Bonchev–Trinajstić information content (AvgIpc) is 2.37. The molecule has 0 bridgehead atoms. The van der Waals surface area contributed by atoms with Gasteiger partial charge in [-0.2, -0.15) is 0 Å². The zero-order valence-electron chi connectivity index (χ0n) is 11.7. The second kappa shape index (κ2) is 6.40. The van der Waals surface area contributed by atoms with Gasteiger partial charge in [-0.3, -0.25) is 4.79 Å². The van der Waals surface area contributed by atoms with Gasteiger partial charge in [0.2, 0.25) is 0 Å². The van der Waals surface area contributed by atoms with E-state index in [9.17, 15) is 4.79 Å². The summed E-state index contributed by atoms with van der Waals surface area (Å²) < 4.78 is 0. The van der Waals surface area contributed by atoms with Crippen LogP contribution in [0.5, 0.6) is 0 Å². The molecule has 1 heterocycles. The van der Waals surface area contributed by atoms with E-state index in [2.05, 4.69) is 13.8 Å². The van der Waals surface area contributed by atoms with E-state index in [0.29, 0.717) is 6.54 Å². The highest BCUT2D eigenvalue weighted by atomic mass is 35.5. The molecule has 0 spiro atoms. The van der Waals surface area contributed by atoms with Crippen molar-refractivity contribution in [2.45, 2.75) is 33.2 Å². The molecule has 1 aromatic carbocycles. The largest absolute Gasteiger partial charge is 0.338 e. The molecular weight excluding hydrogens is 260 g/mol. The number of benzene rings is 1. The molecule has 0 radical (unpaired) electrons. The van der Waals surface area contributed by atoms with Crippen molar-refractivity contribution in [3.63, 3.8) is 0 Å². The van der Waals surface area contributed by atoms with Crippen LogP contribution in [0, 0.1) is 5.41 Å². The Bertz CT molecular complexity index is 428. The van der Waals surface area contributed by atoms with E-state index in [0.717, 1.165) is 30.6 Å². The quantitative estimate of drug-likeness (QED) is 0.907. The van der Waals surface area contributed by atoms with E-state index in [1.165, 1.54) is 6.42 Å². The van der Waals surface area contributed by atoms with Crippen LogP contribution in [-0.2, 0) is 6.54 Å². The molecule has 106 valence electrons. The van der Waals surface area contributed by atoms with E-state index in [1.54, 1.807) is 0 Å². The predicted octanol–water partition coefficient (Wildman–Crippen LogP) is 2.83. The monoisotopic (exact) mass is 282 g/mol. The summed E-state index contributed by atoms with van der Waals surface area (Å²) in [5.74, 6) is 0.145. The van der Waals surface area contributed by atoms with Crippen LogP contribution in [-0.4, -0.2) is 23.9 Å². The van der Waals surface area contributed by atoms with Crippen LogP contribution in [0.4, 0.5) is 0 Å². The SMILES string of the molecule is CC1(C)CCCN(C(=O)c2ccc(CN)cc2)C1.Cl. The maximum Gasteiger partial charge on any atom is 0.253 e. The number of hydrogen-bond donors (Lipinski definition) is 1. The first-order valence-electron chi connectivity index (χ1n) is 6.60. The van der Waals surface area contributed by atoms with Gasteiger partial charge in [0.05, 0.1) is 0 Å². The summed E-state index contributed by atoms with van der Waals surface area (Å²) >= 11 is 0. The van der Waals surface area contributed by atoms with Gasteiger partial charge < -0.3 is 10.6 Å². The van der Waals surface area contributed by atoms with Crippen molar-refractivity contribution in [2.24, 2.45) is 11.1 Å². The van der Waals surface area contributed by atoms with E-state index in [4.69, 9.17) is 5.73 Å². The van der Waals surface area contributed by atoms with Crippen molar-refractivity contribution in [1.29, 1.82) is 0 Å². The topological polar surface area (TPSA) is 46.3 Å². The maximum atomic E-state index is 12.4. The molecule has 2 rings (SSSR count). The molecule has 0 saturated carbocycles. The lowest BCUT2D eigenvalue weighted by Gasteiger charge is -2.38. The smallest absolute Gasteiger partial charge is 0.253 e. The van der Waals surface area contributed by atoms with Gasteiger partial charge in [-0.05, 0) is 36.0 Å². The second-order valence-electron chi connectivity index (χ2n) is 5.90. The van der Waals surface area contributed by atoms with E-state index in [-0.39, 0.29) is 23.7 Å². The fourth-order valence-corrected chi connectivity index (χ4v) is 2.56. The molecule has 0 atom stereocenters. The molecular formula is C15H23ClN2O. The number of rotatable bonds is 2. The van der Waals surface area contributed by atoms with Crippen molar-refractivity contribution in [3.8, 4) is 0 Å². The molecule has 4 heteroatoms. The van der Waals surface area contributed by atoms with Gasteiger partial charge in [-0.1, -0.05) is 26.0 Å². The number of nitrogens with two attached hydrogens (primary N) is 1. The van der Waals surface area contributed by atoms with E-state index < -0.39 is 0 Å². The number of piperidine rings is 1. The van der Waals surface area contributed by atoms with Gasteiger partial charge in [0.1, 0.15) is 0 Å². The number of halogens is 1. The molecule has 1 aromatic rings. The van der Waals surface area contributed by atoms with Crippen LogP contribution in [0.2, 0.25) is 0 Å². The Kier molecular flexibility index (Phi) is 5.39. The van der Waals surface area contributed by atoms with Crippen molar-refractivity contribution in [2.75, 3.05) is 13.1 Å². The van der Waals surface area contributed by atoms with Crippen LogP contribution in [0.25, 0.3) is 0 Å². The Labute approximate surface area is 121 Å². The minimum atomic E-state index is 0. The molecule has 3 nitrogen and oxygen atoms in total. The molecule has 1 saturated heterocycles. The molecule has 19 heavy (non-hydrogen) atoms. The lowest BCUT2D eigenvalue weighted by atomic mass is 9.84. The zero-order valence-corrected chi connectivity index (χ0v) is 12.5. The molecule has 0 unspecified atom stereocenters. The number of amides is 1. The fraction of sp³-hybridized carbons (Fsp3) is 0.533. The minimum absolute atomic E-state index is 0. The van der Waals surface area contributed by atoms with Gasteiger partial charge >= 0.3 is 0 Å². The first kappa shape index (κ1) is 16.0. The van der Waals surface area contributed by atoms with Crippen LogP contribution < -0.4 is 5.73 Å². The normalized spacial score (nSPS) is 17.7. The third kappa shape index (κ3) is 3.95. The lowest BCUT2D eigenvalue weighted by Crippen LogP contribution is -2.43. The summed E-state index contributed by atoms with van der Waals surface area (Å²) in [6, 6.07) is 7.63. The Morgan fingerprint density at radius 2 is 1.95 bits per heavy atom. The van der Waals surface area contributed by atoms with Crippen LogP contribution in [0.15, 0.2) is 24.3 Å². The maximum absolute atomic E-state index is 12.4. The van der Waals surface area contributed by atoms with Crippen molar-refractivity contribution in [3.05, 3.63) is 35.4 Å². The average molecular weight is 283 g/mol. The number of carbonyl (C=O) groups is 1. The van der Waals surface area contributed by atoms with Gasteiger partial charge in [-0.15, -0.1) is 12.4 Å². The third-order valence-corrected chi connectivity index (χ3v) is 3.62.